The minimum absolute atomic E-state index is 0.0863. The van der Waals surface area contributed by atoms with Gasteiger partial charge in [-0.2, -0.15) is 13.2 Å². The highest BCUT2D eigenvalue weighted by molar-refractivity contribution is 5.35. The van der Waals surface area contributed by atoms with Gasteiger partial charge in [0, 0.05) is 6.04 Å². The van der Waals surface area contributed by atoms with Gasteiger partial charge in [0.15, 0.2) is 0 Å². The molecule has 0 saturated heterocycles. The molecule has 102 valence electrons. The van der Waals surface area contributed by atoms with E-state index in [-0.39, 0.29) is 11.7 Å². The monoisotopic (exact) mass is 261 g/mol. The zero-order valence-corrected chi connectivity index (χ0v) is 10.7. The van der Waals surface area contributed by atoms with Crippen LogP contribution < -0.4 is 10.5 Å². The third kappa shape index (κ3) is 3.63. The second kappa shape index (κ2) is 5.61. The number of halogens is 3. The van der Waals surface area contributed by atoms with Crippen LogP contribution in [0.15, 0.2) is 24.3 Å². The molecule has 2 N–H and O–H groups in total. The maximum absolute atomic E-state index is 12.8. The van der Waals surface area contributed by atoms with Crippen LogP contribution in [0.2, 0.25) is 0 Å². The first-order valence-corrected chi connectivity index (χ1v) is 5.81. The molecule has 2 unspecified atom stereocenters. The van der Waals surface area contributed by atoms with Crippen molar-refractivity contribution >= 4 is 0 Å². The Morgan fingerprint density at radius 1 is 1.11 bits per heavy atom. The predicted octanol–water partition coefficient (Wildman–Crippen LogP) is 3.47. The Kier molecular flexibility index (Phi) is 4.62. The molecule has 1 rings (SSSR count). The summed E-state index contributed by atoms with van der Waals surface area (Å²) in [4.78, 5) is 0. The van der Waals surface area contributed by atoms with E-state index in [9.17, 15) is 13.2 Å². The Bertz CT molecular complexity index is 388. The number of ether oxygens (including phenoxy) is 1. The van der Waals surface area contributed by atoms with E-state index < -0.39 is 18.3 Å². The van der Waals surface area contributed by atoms with Crippen molar-refractivity contribution in [2.24, 2.45) is 5.73 Å². The third-order valence-corrected chi connectivity index (χ3v) is 2.60. The van der Waals surface area contributed by atoms with Gasteiger partial charge in [-0.3, -0.25) is 0 Å². The first kappa shape index (κ1) is 14.8. The molecule has 2 atom stereocenters. The van der Waals surface area contributed by atoms with Gasteiger partial charge in [0.05, 0.1) is 0 Å². The van der Waals surface area contributed by atoms with Crippen molar-refractivity contribution in [3.63, 3.8) is 0 Å². The van der Waals surface area contributed by atoms with Crippen molar-refractivity contribution in [1.29, 1.82) is 0 Å². The molecule has 1 aromatic rings. The van der Waals surface area contributed by atoms with Gasteiger partial charge >= 0.3 is 6.18 Å². The molecule has 1 aromatic carbocycles. The number of hydrogen-bond donors (Lipinski definition) is 1. The first-order chi connectivity index (χ1) is 8.23. The fraction of sp³-hybridized carbons (Fsp3) is 0.538. The lowest BCUT2D eigenvalue weighted by molar-refractivity contribution is -0.199. The average Bonchev–Trinajstić information content (AvgIpc) is 2.24. The van der Waals surface area contributed by atoms with Crippen molar-refractivity contribution in [3.8, 4) is 5.75 Å². The van der Waals surface area contributed by atoms with Crippen molar-refractivity contribution < 1.29 is 17.9 Å². The summed E-state index contributed by atoms with van der Waals surface area (Å²) in [6.45, 7) is 5.09. The Labute approximate surface area is 105 Å². The lowest BCUT2D eigenvalue weighted by Gasteiger charge is -2.26. The molecule has 18 heavy (non-hydrogen) atoms. The number of rotatable bonds is 4. The SMILES string of the molecule is CC(C)c1ccccc1OC(C(C)N)C(F)(F)F. The zero-order valence-electron chi connectivity index (χ0n) is 10.7. The fourth-order valence-corrected chi connectivity index (χ4v) is 1.67. The van der Waals surface area contributed by atoms with E-state index in [1.165, 1.54) is 13.0 Å². The van der Waals surface area contributed by atoms with Gasteiger partial charge in [-0.05, 0) is 24.5 Å². The van der Waals surface area contributed by atoms with Crippen LogP contribution in [0.5, 0.6) is 5.75 Å². The molecule has 0 aromatic heterocycles. The highest BCUT2D eigenvalue weighted by Crippen LogP contribution is 2.31. The van der Waals surface area contributed by atoms with Gasteiger partial charge in [0.25, 0.3) is 0 Å². The van der Waals surface area contributed by atoms with Gasteiger partial charge in [0.1, 0.15) is 5.75 Å². The van der Waals surface area contributed by atoms with Gasteiger partial charge in [-0.1, -0.05) is 32.0 Å². The normalized spacial score (nSPS) is 15.6. The molecule has 0 bridgehead atoms. The molecule has 0 heterocycles. The average molecular weight is 261 g/mol. The lowest BCUT2D eigenvalue weighted by Crippen LogP contribution is -2.47. The predicted molar refractivity (Wildman–Crippen MR) is 64.7 cm³/mol. The van der Waals surface area contributed by atoms with Crippen LogP contribution in [-0.4, -0.2) is 18.3 Å². The zero-order chi connectivity index (χ0) is 13.9. The summed E-state index contributed by atoms with van der Waals surface area (Å²) < 4.78 is 43.4. The largest absolute Gasteiger partial charge is 0.479 e. The Morgan fingerprint density at radius 2 is 1.67 bits per heavy atom. The van der Waals surface area contributed by atoms with E-state index in [4.69, 9.17) is 10.5 Å². The number of para-hydroxylation sites is 1. The van der Waals surface area contributed by atoms with Crippen molar-refractivity contribution in [2.75, 3.05) is 0 Å². The summed E-state index contributed by atoms with van der Waals surface area (Å²) in [5.41, 5.74) is 6.09. The van der Waals surface area contributed by atoms with Gasteiger partial charge < -0.3 is 10.5 Å². The second-order valence-electron chi connectivity index (χ2n) is 4.63. The van der Waals surface area contributed by atoms with E-state index >= 15 is 0 Å². The Hall–Kier alpha value is -1.23. The van der Waals surface area contributed by atoms with E-state index in [2.05, 4.69) is 0 Å². The molecule has 0 saturated carbocycles. The minimum Gasteiger partial charge on any atom is -0.479 e. The molecule has 0 aliphatic carbocycles. The third-order valence-electron chi connectivity index (χ3n) is 2.60. The van der Waals surface area contributed by atoms with Crippen molar-refractivity contribution in [2.45, 2.75) is 45.0 Å². The van der Waals surface area contributed by atoms with Crippen molar-refractivity contribution in [3.05, 3.63) is 29.8 Å². The molecule has 5 heteroatoms. The van der Waals surface area contributed by atoms with E-state index in [0.29, 0.717) is 0 Å². The number of nitrogens with two attached hydrogens (primary N) is 1. The maximum Gasteiger partial charge on any atom is 0.426 e. The van der Waals surface area contributed by atoms with Crippen LogP contribution >= 0.6 is 0 Å². The highest BCUT2D eigenvalue weighted by Gasteiger charge is 2.44. The van der Waals surface area contributed by atoms with Gasteiger partial charge in [-0.15, -0.1) is 0 Å². The summed E-state index contributed by atoms with van der Waals surface area (Å²) in [5, 5.41) is 0. The maximum atomic E-state index is 12.8. The van der Waals surface area contributed by atoms with Crippen LogP contribution in [0.4, 0.5) is 13.2 Å². The Morgan fingerprint density at radius 3 is 2.11 bits per heavy atom. The summed E-state index contributed by atoms with van der Waals surface area (Å²) in [6.07, 6.45) is -6.46. The molecule has 0 aliphatic rings. The first-order valence-electron chi connectivity index (χ1n) is 5.81. The molecule has 0 aliphatic heterocycles. The van der Waals surface area contributed by atoms with E-state index in [1.807, 2.05) is 13.8 Å². The standard InChI is InChI=1S/C13H18F3NO/c1-8(2)10-6-4-5-7-11(10)18-12(9(3)17)13(14,15)16/h4-9,12H,17H2,1-3H3. The molecule has 0 spiro atoms. The van der Waals surface area contributed by atoms with Crippen LogP contribution in [0.3, 0.4) is 0 Å². The summed E-state index contributed by atoms with van der Waals surface area (Å²) in [5.74, 6) is 0.329. The van der Waals surface area contributed by atoms with Crippen LogP contribution in [0, 0.1) is 0 Å². The molecule has 0 fully saturated rings. The summed E-state index contributed by atoms with van der Waals surface area (Å²) in [7, 11) is 0. The Balaban J connectivity index is 3.02. The van der Waals surface area contributed by atoms with E-state index in [1.54, 1.807) is 18.2 Å². The smallest absolute Gasteiger partial charge is 0.426 e. The molecular weight excluding hydrogens is 243 g/mol. The van der Waals surface area contributed by atoms with Crippen LogP contribution in [0.1, 0.15) is 32.3 Å². The number of hydrogen-bond acceptors (Lipinski definition) is 2. The topological polar surface area (TPSA) is 35.2 Å². The van der Waals surface area contributed by atoms with Gasteiger partial charge in [0.2, 0.25) is 6.10 Å². The number of benzene rings is 1. The quantitative estimate of drug-likeness (QED) is 0.900. The molecule has 2 nitrogen and oxygen atoms in total. The number of alkyl halides is 3. The minimum atomic E-state index is -4.47. The van der Waals surface area contributed by atoms with Gasteiger partial charge in [-0.25, -0.2) is 0 Å². The van der Waals surface area contributed by atoms with Crippen LogP contribution in [0.25, 0.3) is 0 Å². The molecular formula is C13H18F3NO. The second-order valence-corrected chi connectivity index (χ2v) is 4.63. The van der Waals surface area contributed by atoms with Crippen LogP contribution in [-0.2, 0) is 0 Å². The molecule has 0 amide bonds. The summed E-state index contributed by atoms with van der Waals surface area (Å²) in [6, 6.07) is 5.60. The molecule has 0 radical (unpaired) electrons. The summed E-state index contributed by atoms with van der Waals surface area (Å²) >= 11 is 0. The lowest BCUT2D eigenvalue weighted by atomic mass is 10.0. The van der Waals surface area contributed by atoms with E-state index in [0.717, 1.165) is 5.56 Å². The van der Waals surface area contributed by atoms with Crippen molar-refractivity contribution in [1.82, 2.24) is 0 Å². The highest BCUT2D eigenvalue weighted by atomic mass is 19.4. The fourth-order valence-electron chi connectivity index (χ4n) is 1.67.